The topological polar surface area (TPSA) is 52.2 Å². The van der Waals surface area contributed by atoms with Crippen molar-refractivity contribution in [3.05, 3.63) is 28.4 Å². The maximum absolute atomic E-state index is 12.7. The van der Waals surface area contributed by atoms with E-state index in [0.717, 1.165) is 34.9 Å². The summed E-state index contributed by atoms with van der Waals surface area (Å²) < 4.78 is 0.961. The Hall–Kier alpha value is -1.40. The van der Waals surface area contributed by atoms with Gasteiger partial charge in [-0.05, 0) is 31.7 Å². The summed E-state index contributed by atoms with van der Waals surface area (Å²) >= 11 is 3.45. The maximum Gasteiger partial charge on any atom is 0.275 e. The number of benzene rings is 1. The van der Waals surface area contributed by atoms with Crippen LogP contribution in [0.3, 0.4) is 0 Å². The van der Waals surface area contributed by atoms with Crippen molar-refractivity contribution in [2.75, 3.05) is 20.1 Å². The minimum atomic E-state index is 0.0509. The smallest absolute Gasteiger partial charge is 0.275 e. The fourth-order valence-electron chi connectivity index (χ4n) is 3.40. The average molecular weight is 335 g/mol. The molecule has 2 saturated heterocycles. The van der Waals surface area contributed by atoms with E-state index in [9.17, 15) is 4.79 Å². The van der Waals surface area contributed by atoms with E-state index in [-0.39, 0.29) is 5.91 Å². The number of hydrogen-bond acceptors (Lipinski definition) is 3. The summed E-state index contributed by atoms with van der Waals surface area (Å²) in [6.45, 7) is 1.80. The first-order valence-corrected chi connectivity index (χ1v) is 7.57. The molecule has 2 atom stereocenters. The van der Waals surface area contributed by atoms with Crippen molar-refractivity contribution in [2.24, 2.45) is 0 Å². The minimum absolute atomic E-state index is 0.0509. The number of carbonyl (C=O) groups is 1. The largest absolute Gasteiger partial charge is 0.331 e. The fraction of sp³-hybridized carbons (Fsp3) is 0.429. The third-order valence-electron chi connectivity index (χ3n) is 4.50. The van der Waals surface area contributed by atoms with Gasteiger partial charge in [0, 0.05) is 35.0 Å². The highest BCUT2D eigenvalue weighted by molar-refractivity contribution is 9.10. The lowest BCUT2D eigenvalue weighted by Gasteiger charge is -2.31. The van der Waals surface area contributed by atoms with Crippen molar-refractivity contribution < 1.29 is 4.79 Å². The second kappa shape index (κ2) is 4.30. The first-order valence-electron chi connectivity index (χ1n) is 6.78. The van der Waals surface area contributed by atoms with Gasteiger partial charge in [-0.3, -0.25) is 14.8 Å². The zero-order valence-electron chi connectivity index (χ0n) is 11.1. The Bertz CT molecular complexity index is 696. The Morgan fingerprint density at radius 2 is 2.25 bits per heavy atom. The molecule has 2 bridgehead atoms. The molecule has 1 aromatic carbocycles. The number of amides is 1. The van der Waals surface area contributed by atoms with E-state index >= 15 is 0 Å². The Labute approximate surface area is 125 Å². The molecule has 1 amide bonds. The van der Waals surface area contributed by atoms with Crippen molar-refractivity contribution in [2.45, 2.75) is 18.5 Å². The van der Waals surface area contributed by atoms with Gasteiger partial charge in [0.15, 0.2) is 5.69 Å². The molecule has 3 heterocycles. The number of aromatic amines is 1. The molecular weight excluding hydrogens is 320 g/mol. The number of H-pyrrole nitrogens is 1. The van der Waals surface area contributed by atoms with Crippen LogP contribution in [-0.4, -0.2) is 58.1 Å². The molecule has 2 aromatic rings. The minimum Gasteiger partial charge on any atom is -0.331 e. The number of aromatic nitrogens is 2. The van der Waals surface area contributed by atoms with Crippen LogP contribution in [0.4, 0.5) is 0 Å². The van der Waals surface area contributed by atoms with Gasteiger partial charge in [0.1, 0.15) is 0 Å². The van der Waals surface area contributed by atoms with Crippen LogP contribution in [-0.2, 0) is 0 Å². The van der Waals surface area contributed by atoms with Crippen molar-refractivity contribution in [1.29, 1.82) is 0 Å². The summed E-state index contributed by atoms with van der Waals surface area (Å²) in [5.74, 6) is 0.0509. The number of likely N-dealkylation sites (tertiary alicyclic amines) is 2. The van der Waals surface area contributed by atoms with Crippen LogP contribution in [0.15, 0.2) is 22.7 Å². The molecule has 5 nitrogen and oxygen atoms in total. The molecule has 0 aliphatic carbocycles. The molecule has 0 saturated carbocycles. The number of fused-ring (bicyclic) bond motifs is 3. The first kappa shape index (κ1) is 12.3. The van der Waals surface area contributed by atoms with Crippen LogP contribution in [0, 0.1) is 0 Å². The number of likely N-dealkylation sites (N-methyl/N-ethyl adjacent to an activating group) is 1. The van der Waals surface area contributed by atoms with Crippen LogP contribution in [0.2, 0.25) is 0 Å². The van der Waals surface area contributed by atoms with Crippen LogP contribution in [0.1, 0.15) is 16.9 Å². The SMILES string of the molecule is CN1C[C@@H]2C[C@H]1CN2C(=O)c1n[nH]c2ccc(Br)cc12. The van der Waals surface area contributed by atoms with Crippen LogP contribution >= 0.6 is 15.9 Å². The van der Waals surface area contributed by atoms with E-state index in [2.05, 4.69) is 38.1 Å². The molecule has 0 spiro atoms. The standard InChI is InChI=1S/C14H15BrN4O/c1-18-6-10-5-9(18)7-19(10)14(20)13-11-4-8(15)2-3-12(11)16-17-13/h2-4,9-10H,5-7H2,1H3,(H,16,17)/t9-,10-/m0/s1. The van der Waals surface area contributed by atoms with Gasteiger partial charge in [-0.1, -0.05) is 15.9 Å². The van der Waals surface area contributed by atoms with E-state index in [1.165, 1.54) is 0 Å². The molecule has 20 heavy (non-hydrogen) atoms. The number of rotatable bonds is 1. The van der Waals surface area contributed by atoms with E-state index in [1.54, 1.807) is 0 Å². The van der Waals surface area contributed by atoms with Crippen molar-refractivity contribution >= 4 is 32.7 Å². The highest BCUT2D eigenvalue weighted by atomic mass is 79.9. The average Bonchev–Trinajstić information content (AvgIpc) is 3.09. The second-order valence-electron chi connectivity index (χ2n) is 5.70. The number of nitrogens with zero attached hydrogens (tertiary/aromatic N) is 3. The predicted octanol–water partition coefficient (Wildman–Crippen LogP) is 1.85. The molecule has 1 N–H and O–H groups in total. The molecule has 0 radical (unpaired) electrons. The Kier molecular flexibility index (Phi) is 2.65. The summed E-state index contributed by atoms with van der Waals surface area (Å²) in [7, 11) is 2.13. The first-order chi connectivity index (χ1) is 9.63. The van der Waals surface area contributed by atoms with E-state index in [1.807, 2.05) is 23.1 Å². The number of hydrogen-bond donors (Lipinski definition) is 1. The van der Waals surface area contributed by atoms with Gasteiger partial charge in [-0.2, -0.15) is 5.10 Å². The Balaban J connectivity index is 1.70. The molecule has 2 fully saturated rings. The number of piperazine rings is 1. The lowest BCUT2D eigenvalue weighted by Crippen LogP contribution is -2.47. The third-order valence-corrected chi connectivity index (χ3v) is 5.00. The second-order valence-corrected chi connectivity index (χ2v) is 6.62. The highest BCUT2D eigenvalue weighted by Crippen LogP contribution is 2.31. The summed E-state index contributed by atoms with van der Waals surface area (Å²) in [6, 6.07) is 6.69. The molecule has 2 aliphatic heterocycles. The van der Waals surface area contributed by atoms with Gasteiger partial charge >= 0.3 is 0 Å². The summed E-state index contributed by atoms with van der Waals surface area (Å²) in [4.78, 5) is 17.1. The molecule has 0 unspecified atom stereocenters. The van der Waals surface area contributed by atoms with E-state index < -0.39 is 0 Å². The summed E-state index contributed by atoms with van der Waals surface area (Å²) in [5.41, 5.74) is 1.44. The third kappa shape index (κ3) is 1.71. The zero-order chi connectivity index (χ0) is 13.9. The van der Waals surface area contributed by atoms with E-state index in [0.29, 0.717) is 17.8 Å². The van der Waals surface area contributed by atoms with Gasteiger partial charge in [-0.15, -0.1) is 0 Å². The molecular formula is C14H15BrN4O. The van der Waals surface area contributed by atoms with Gasteiger partial charge in [0.2, 0.25) is 0 Å². The fourth-order valence-corrected chi connectivity index (χ4v) is 3.76. The van der Waals surface area contributed by atoms with Crippen molar-refractivity contribution in [3.63, 3.8) is 0 Å². The number of nitrogens with one attached hydrogen (secondary N) is 1. The quantitative estimate of drug-likeness (QED) is 0.865. The lowest BCUT2D eigenvalue weighted by atomic mass is 10.2. The molecule has 4 rings (SSSR count). The van der Waals surface area contributed by atoms with E-state index in [4.69, 9.17) is 0 Å². The number of carbonyl (C=O) groups excluding carboxylic acids is 1. The van der Waals surface area contributed by atoms with Gasteiger partial charge in [-0.25, -0.2) is 0 Å². The molecule has 2 aliphatic rings. The van der Waals surface area contributed by atoms with Crippen LogP contribution in [0.25, 0.3) is 10.9 Å². The van der Waals surface area contributed by atoms with Crippen LogP contribution < -0.4 is 0 Å². The molecule has 6 heteroatoms. The maximum atomic E-state index is 12.7. The highest BCUT2D eigenvalue weighted by Gasteiger charge is 2.44. The van der Waals surface area contributed by atoms with Crippen molar-refractivity contribution in [3.8, 4) is 0 Å². The summed E-state index contributed by atoms with van der Waals surface area (Å²) in [5, 5.41) is 8.07. The Morgan fingerprint density at radius 1 is 1.40 bits per heavy atom. The monoisotopic (exact) mass is 334 g/mol. The zero-order valence-corrected chi connectivity index (χ0v) is 12.7. The van der Waals surface area contributed by atoms with Gasteiger partial charge < -0.3 is 4.90 Å². The molecule has 1 aromatic heterocycles. The molecule has 104 valence electrons. The normalized spacial score (nSPS) is 25.8. The predicted molar refractivity (Wildman–Crippen MR) is 79.7 cm³/mol. The van der Waals surface area contributed by atoms with Gasteiger partial charge in [0.25, 0.3) is 5.91 Å². The Morgan fingerprint density at radius 3 is 2.95 bits per heavy atom. The van der Waals surface area contributed by atoms with Crippen molar-refractivity contribution in [1.82, 2.24) is 20.0 Å². The van der Waals surface area contributed by atoms with Crippen LogP contribution in [0.5, 0.6) is 0 Å². The van der Waals surface area contributed by atoms with Gasteiger partial charge in [0.05, 0.1) is 5.52 Å². The number of halogens is 1. The lowest BCUT2D eigenvalue weighted by molar-refractivity contribution is 0.0646. The summed E-state index contributed by atoms with van der Waals surface area (Å²) in [6.07, 6.45) is 1.09.